The van der Waals surface area contributed by atoms with E-state index in [9.17, 15) is 17.2 Å². The van der Waals surface area contributed by atoms with Gasteiger partial charge in [-0.2, -0.15) is 5.10 Å². The molecule has 0 unspecified atom stereocenters. The zero-order chi connectivity index (χ0) is 10.6. The van der Waals surface area contributed by atoms with Crippen molar-refractivity contribution >= 4 is 10.0 Å². The fourth-order valence-electron chi connectivity index (χ4n) is 1.47. The zero-order valence-electron chi connectivity index (χ0n) is 6.94. The third-order valence-electron chi connectivity index (χ3n) is 2.02. The number of rotatable bonds is 1. The number of nitrogens with two attached hydrogens (primary N) is 1. The average molecular weight is 223 g/mol. The van der Waals surface area contributed by atoms with Crippen LogP contribution in [0.25, 0.3) is 0 Å². The fraction of sp³-hybridized carbons (Fsp3) is 0.500. The summed E-state index contributed by atoms with van der Waals surface area (Å²) in [6.07, 6.45) is 0.374. The normalized spacial score (nSPS) is 19.6. The number of halogens is 2. The van der Waals surface area contributed by atoms with E-state index in [4.69, 9.17) is 5.14 Å². The molecule has 0 aromatic carbocycles. The first-order chi connectivity index (χ1) is 6.30. The summed E-state index contributed by atoms with van der Waals surface area (Å²) in [5, 5.41) is 8.37. The van der Waals surface area contributed by atoms with E-state index in [1.165, 1.54) is 0 Å². The zero-order valence-corrected chi connectivity index (χ0v) is 7.76. The number of aromatic nitrogens is 2. The highest BCUT2D eigenvalue weighted by atomic mass is 32.2. The first-order valence-electron chi connectivity index (χ1n) is 3.75. The standard InChI is InChI=1S/C6H7F2N3O2S/c7-6(8)1-4-5(14(9,12)13)2-10-11(4)3-6/h2H,1,3H2,(H2,9,12,13). The van der Waals surface area contributed by atoms with Crippen LogP contribution in [-0.2, 0) is 23.0 Å². The Kier molecular flexibility index (Phi) is 1.71. The topological polar surface area (TPSA) is 78.0 Å². The SMILES string of the molecule is NS(=O)(=O)c1cnn2c1CC(F)(F)C2. The first kappa shape index (κ1) is 9.53. The Bertz CT molecular complexity index is 479. The molecule has 0 amide bonds. The van der Waals surface area contributed by atoms with Gasteiger partial charge in [0.15, 0.2) is 0 Å². The molecule has 2 N–H and O–H groups in total. The van der Waals surface area contributed by atoms with Gasteiger partial charge in [0.2, 0.25) is 10.0 Å². The van der Waals surface area contributed by atoms with Gasteiger partial charge in [-0.15, -0.1) is 0 Å². The van der Waals surface area contributed by atoms with Crippen molar-refractivity contribution in [1.82, 2.24) is 9.78 Å². The van der Waals surface area contributed by atoms with E-state index >= 15 is 0 Å². The van der Waals surface area contributed by atoms with Gasteiger partial charge in [0, 0.05) is 0 Å². The average Bonchev–Trinajstić information content (AvgIpc) is 2.38. The number of primary sulfonamides is 1. The van der Waals surface area contributed by atoms with E-state index in [1.807, 2.05) is 0 Å². The summed E-state index contributed by atoms with van der Waals surface area (Å²) in [4.78, 5) is -0.310. The summed E-state index contributed by atoms with van der Waals surface area (Å²) < 4.78 is 48.5. The Labute approximate surface area is 78.6 Å². The minimum Gasteiger partial charge on any atom is -0.262 e. The van der Waals surface area contributed by atoms with Crippen molar-refractivity contribution in [3.8, 4) is 0 Å². The van der Waals surface area contributed by atoms with Gasteiger partial charge in [0.25, 0.3) is 5.92 Å². The van der Waals surface area contributed by atoms with Gasteiger partial charge < -0.3 is 0 Å². The Morgan fingerprint density at radius 3 is 2.79 bits per heavy atom. The molecule has 1 aliphatic heterocycles. The molecule has 2 rings (SSSR count). The molecular formula is C6H7F2N3O2S. The molecule has 1 aromatic heterocycles. The predicted octanol–water partition coefficient (Wildman–Crippen LogP) is -0.278. The molecule has 2 heterocycles. The van der Waals surface area contributed by atoms with Crippen molar-refractivity contribution in [3.63, 3.8) is 0 Å². The third-order valence-corrected chi connectivity index (χ3v) is 2.98. The highest BCUT2D eigenvalue weighted by Crippen LogP contribution is 2.32. The molecular weight excluding hydrogens is 216 g/mol. The summed E-state index contributed by atoms with van der Waals surface area (Å²) in [6, 6.07) is 0. The van der Waals surface area contributed by atoms with Gasteiger partial charge in [-0.1, -0.05) is 0 Å². The quantitative estimate of drug-likeness (QED) is 0.711. The van der Waals surface area contributed by atoms with Gasteiger partial charge >= 0.3 is 0 Å². The smallest absolute Gasteiger partial charge is 0.262 e. The Morgan fingerprint density at radius 1 is 1.57 bits per heavy atom. The minimum absolute atomic E-state index is 0.0162. The lowest BCUT2D eigenvalue weighted by molar-refractivity contribution is 0.000740. The van der Waals surface area contributed by atoms with Gasteiger partial charge in [-0.25, -0.2) is 22.3 Å². The lowest BCUT2D eigenvalue weighted by Crippen LogP contribution is -2.18. The van der Waals surface area contributed by atoms with E-state index in [0.717, 1.165) is 10.9 Å². The maximum Gasteiger partial charge on any atom is 0.272 e. The van der Waals surface area contributed by atoms with Crippen LogP contribution in [0.3, 0.4) is 0 Å². The van der Waals surface area contributed by atoms with E-state index in [0.29, 0.717) is 0 Å². The second-order valence-corrected chi connectivity index (χ2v) is 4.72. The van der Waals surface area contributed by atoms with Gasteiger partial charge in [-0.05, 0) is 0 Å². The maximum absolute atomic E-state index is 12.8. The van der Waals surface area contributed by atoms with Crippen LogP contribution >= 0.6 is 0 Å². The first-order valence-corrected chi connectivity index (χ1v) is 5.29. The van der Waals surface area contributed by atoms with Gasteiger partial charge in [-0.3, -0.25) is 4.68 Å². The van der Waals surface area contributed by atoms with Crippen LogP contribution in [0.5, 0.6) is 0 Å². The number of nitrogens with zero attached hydrogens (tertiary/aromatic N) is 2. The molecule has 1 aliphatic rings. The van der Waals surface area contributed by atoms with Gasteiger partial charge in [0.1, 0.15) is 11.4 Å². The van der Waals surface area contributed by atoms with Crippen molar-refractivity contribution in [2.75, 3.05) is 0 Å². The van der Waals surface area contributed by atoms with Crippen LogP contribution in [0.1, 0.15) is 5.69 Å². The van der Waals surface area contributed by atoms with Crippen molar-refractivity contribution in [2.24, 2.45) is 5.14 Å². The fourth-order valence-corrected chi connectivity index (χ4v) is 2.17. The molecule has 0 bridgehead atoms. The van der Waals surface area contributed by atoms with Gasteiger partial charge in [0.05, 0.1) is 18.3 Å². The second-order valence-electron chi connectivity index (χ2n) is 3.19. The largest absolute Gasteiger partial charge is 0.272 e. The Hall–Kier alpha value is -1.02. The summed E-state index contributed by atoms with van der Waals surface area (Å²) >= 11 is 0. The third kappa shape index (κ3) is 1.40. The van der Waals surface area contributed by atoms with Crippen molar-refractivity contribution in [1.29, 1.82) is 0 Å². The highest BCUT2D eigenvalue weighted by Gasteiger charge is 2.41. The molecule has 5 nitrogen and oxygen atoms in total. The van der Waals surface area contributed by atoms with Crippen molar-refractivity contribution in [3.05, 3.63) is 11.9 Å². The monoisotopic (exact) mass is 223 g/mol. The predicted molar refractivity (Wildman–Crippen MR) is 42.3 cm³/mol. The molecule has 0 fully saturated rings. The molecule has 0 aliphatic carbocycles. The van der Waals surface area contributed by atoms with Crippen LogP contribution in [-0.4, -0.2) is 24.1 Å². The lowest BCUT2D eigenvalue weighted by Gasteiger charge is -2.04. The summed E-state index contributed by atoms with van der Waals surface area (Å²) in [6.45, 7) is -0.585. The maximum atomic E-state index is 12.8. The van der Waals surface area contributed by atoms with Crippen LogP contribution in [0, 0.1) is 0 Å². The highest BCUT2D eigenvalue weighted by molar-refractivity contribution is 7.89. The molecule has 0 atom stereocenters. The van der Waals surface area contributed by atoms with Crippen LogP contribution < -0.4 is 5.14 Å². The van der Waals surface area contributed by atoms with Crippen LogP contribution in [0.15, 0.2) is 11.1 Å². The van der Waals surface area contributed by atoms with E-state index in [2.05, 4.69) is 5.10 Å². The van der Waals surface area contributed by atoms with Crippen molar-refractivity contribution < 1.29 is 17.2 Å². The Morgan fingerprint density at radius 2 is 2.21 bits per heavy atom. The molecule has 0 radical (unpaired) electrons. The van der Waals surface area contributed by atoms with E-state index in [1.54, 1.807) is 0 Å². The van der Waals surface area contributed by atoms with E-state index < -0.39 is 28.9 Å². The molecule has 0 spiro atoms. The number of sulfonamides is 1. The minimum atomic E-state index is -3.95. The molecule has 0 saturated carbocycles. The number of hydrogen-bond acceptors (Lipinski definition) is 3. The van der Waals surface area contributed by atoms with Crippen LogP contribution in [0.4, 0.5) is 8.78 Å². The molecule has 1 aromatic rings. The molecule has 14 heavy (non-hydrogen) atoms. The number of alkyl halides is 2. The summed E-state index contributed by atoms with van der Waals surface area (Å²) in [5.41, 5.74) is -0.0162. The summed E-state index contributed by atoms with van der Waals surface area (Å²) in [5.74, 6) is -2.93. The number of hydrogen-bond donors (Lipinski definition) is 1. The van der Waals surface area contributed by atoms with Crippen LogP contribution in [0.2, 0.25) is 0 Å². The second kappa shape index (κ2) is 2.51. The molecule has 0 saturated heterocycles. The molecule has 8 heteroatoms. The number of fused-ring (bicyclic) bond motifs is 1. The lowest BCUT2D eigenvalue weighted by atomic mass is 10.2. The van der Waals surface area contributed by atoms with E-state index in [-0.39, 0.29) is 10.6 Å². The Balaban J connectivity index is 2.53. The summed E-state index contributed by atoms with van der Waals surface area (Å²) in [7, 11) is -3.95. The molecule has 78 valence electrons. The van der Waals surface area contributed by atoms with Crippen molar-refractivity contribution in [2.45, 2.75) is 23.8 Å².